The summed E-state index contributed by atoms with van der Waals surface area (Å²) in [6, 6.07) is -0.188. The molecular formula is C24H39F2N5O2. The molecule has 0 aromatic carbocycles. The molecule has 4 atom stereocenters. The molecule has 2 amide bonds. The molecule has 9 heteroatoms. The van der Waals surface area contributed by atoms with E-state index in [9.17, 15) is 18.4 Å². The second kappa shape index (κ2) is 9.47. The lowest BCUT2D eigenvalue weighted by Crippen LogP contribution is -2.51. The molecule has 2 saturated carbocycles. The molecule has 2 aliphatic carbocycles. The molecule has 0 spiro atoms. The van der Waals surface area contributed by atoms with Crippen LogP contribution in [0, 0.1) is 29.1 Å². The van der Waals surface area contributed by atoms with Gasteiger partial charge in [0.05, 0.1) is 18.4 Å². The molecule has 4 fully saturated rings. The molecular weight excluding hydrogens is 428 g/mol. The first kappa shape index (κ1) is 24.4. The van der Waals surface area contributed by atoms with Crippen molar-refractivity contribution in [3.8, 4) is 0 Å². The summed E-state index contributed by atoms with van der Waals surface area (Å²) in [5.74, 6) is -1.69. The quantitative estimate of drug-likeness (QED) is 0.480. The number of hydrogen-bond donors (Lipinski definition) is 2. The number of carbonyl (C=O) groups is 2. The van der Waals surface area contributed by atoms with Crippen molar-refractivity contribution in [2.75, 3.05) is 33.7 Å². The fraction of sp³-hybridized carbons (Fsp3) is 0.875. The van der Waals surface area contributed by atoms with E-state index in [-0.39, 0.29) is 54.5 Å². The smallest absolute Gasteiger partial charge is 0.267 e. The van der Waals surface area contributed by atoms with Crippen LogP contribution in [0.3, 0.4) is 0 Å². The van der Waals surface area contributed by atoms with Crippen LogP contribution >= 0.6 is 0 Å². The summed E-state index contributed by atoms with van der Waals surface area (Å²) >= 11 is 0. The standard InChI is InChI=1S/C24H39F2N5O2/c1-29(2)22(32)16-5-3-15(4-6-16)13-31-19-12-18(21(27)28)8-7-17(19)11-20(31)23(33)30-10-9-24(25,26)14-30/h15-20H,3-14H2,1-2H3,(H3,27,28). The lowest BCUT2D eigenvalue weighted by atomic mass is 9.77. The Bertz CT molecular complexity index is 768. The van der Waals surface area contributed by atoms with Crippen molar-refractivity contribution in [3.05, 3.63) is 0 Å². The number of nitrogens with one attached hydrogen (secondary N) is 1. The molecule has 4 unspecified atom stereocenters. The fourth-order valence-corrected chi connectivity index (χ4v) is 6.72. The number of alkyl halides is 2. The Morgan fingerprint density at radius 3 is 2.30 bits per heavy atom. The average Bonchev–Trinajstić information content (AvgIpc) is 3.32. The number of nitrogens with two attached hydrogens (primary N) is 1. The number of halogens is 2. The molecule has 186 valence electrons. The van der Waals surface area contributed by atoms with Crippen LogP contribution in [0.4, 0.5) is 8.78 Å². The number of rotatable bonds is 5. The summed E-state index contributed by atoms with van der Waals surface area (Å²) in [6.07, 6.45) is 6.62. The van der Waals surface area contributed by atoms with Gasteiger partial charge in [-0.15, -0.1) is 0 Å². The maximum absolute atomic E-state index is 13.8. The van der Waals surface area contributed by atoms with Crippen LogP contribution < -0.4 is 5.73 Å². The van der Waals surface area contributed by atoms with Crippen LogP contribution in [0.25, 0.3) is 0 Å². The SMILES string of the molecule is CN(C)C(=O)C1CCC(CN2C(C(=O)N3CCC(F)(F)C3)CC3CCC(C(=N)N)CC32)CC1. The highest BCUT2D eigenvalue weighted by molar-refractivity contribution is 5.83. The molecule has 4 aliphatic rings. The third-order valence-electron chi connectivity index (χ3n) is 8.62. The Hall–Kier alpha value is -1.77. The van der Waals surface area contributed by atoms with E-state index in [0.29, 0.717) is 18.3 Å². The number of carbonyl (C=O) groups excluding carboxylic acids is 2. The van der Waals surface area contributed by atoms with Crippen molar-refractivity contribution < 1.29 is 18.4 Å². The first-order chi connectivity index (χ1) is 15.6. The summed E-state index contributed by atoms with van der Waals surface area (Å²) in [6.45, 7) is 0.411. The van der Waals surface area contributed by atoms with Crippen molar-refractivity contribution in [1.29, 1.82) is 5.41 Å². The first-order valence-electron chi connectivity index (χ1n) is 12.5. The van der Waals surface area contributed by atoms with Gasteiger partial charge in [-0.1, -0.05) is 0 Å². The molecule has 0 aromatic heterocycles. The van der Waals surface area contributed by atoms with Gasteiger partial charge in [0.2, 0.25) is 11.8 Å². The molecule has 3 N–H and O–H groups in total. The fourth-order valence-electron chi connectivity index (χ4n) is 6.72. The summed E-state index contributed by atoms with van der Waals surface area (Å²) in [7, 11) is 3.59. The number of amides is 2. The molecule has 0 aromatic rings. The normalized spacial score (nSPS) is 36.4. The predicted octanol–water partition coefficient (Wildman–Crippen LogP) is 2.54. The zero-order valence-electron chi connectivity index (χ0n) is 19.9. The maximum atomic E-state index is 13.8. The first-order valence-corrected chi connectivity index (χ1v) is 12.5. The highest BCUT2D eigenvalue weighted by Crippen LogP contribution is 2.44. The van der Waals surface area contributed by atoms with Gasteiger partial charge >= 0.3 is 0 Å². The van der Waals surface area contributed by atoms with Crippen LogP contribution in [0.5, 0.6) is 0 Å². The molecule has 4 rings (SSSR count). The summed E-state index contributed by atoms with van der Waals surface area (Å²) < 4.78 is 27.7. The van der Waals surface area contributed by atoms with Gasteiger partial charge < -0.3 is 15.5 Å². The topological polar surface area (TPSA) is 93.7 Å². The van der Waals surface area contributed by atoms with Gasteiger partial charge in [0.15, 0.2) is 0 Å². The van der Waals surface area contributed by atoms with E-state index in [4.69, 9.17) is 11.1 Å². The van der Waals surface area contributed by atoms with Crippen LogP contribution in [0.1, 0.15) is 57.8 Å². The van der Waals surface area contributed by atoms with E-state index in [0.717, 1.165) is 51.5 Å². The minimum absolute atomic E-state index is 0.0344. The van der Waals surface area contributed by atoms with Crippen molar-refractivity contribution in [2.24, 2.45) is 29.4 Å². The van der Waals surface area contributed by atoms with E-state index in [1.54, 1.807) is 19.0 Å². The largest absolute Gasteiger partial charge is 0.387 e. The van der Waals surface area contributed by atoms with Gasteiger partial charge in [0.25, 0.3) is 5.92 Å². The third kappa shape index (κ3) is 5.17. The monoisotopic (exact) mass is 467 g/mol. The maximum Gasteiger partial charge on any atom is 0.267 e. The lowest BCUT2D eigenvalue weighted by Gasteiger charge is -2.40. The Kier molecular flexibility index (Phi) is 6.99. The third-order valence-corrected chi connectivity index (χ3v) is 8.62. The van der Waals surface area contributed by atoms with Gasteiger partial charge in [-0.2, -0.15) is 0 Å². The van der Waals surface area contributed by atoms with Crippen molar-refractivity contribution >= 4 is 17.6 Å². The molecule has 0 bridgehead atoms. The van der Waals surface area contributed by atoms with Crippen LogP contribution in [-0.2, 0) is 9.59 Å². The van der Waals surface area contributed by atoms with Gasteiger partial charge in [-0.05, 0) is 63.2 Å². The van der Waals surface area contributed by atoms with E-state index >= 15 is 0 Å². The van der Waals surface area contributed by atoms with Crippen molar-refractivity contribution in [3.63, 3.8) is 0 Å². The molecule has 2 heterocycles. The molecule has 33 heavy (non-hydrogen) atoms. The van der Waals surface area contributed by atoms with E-state index in [1.165, 1.54) is 4.90 Å². The predicted molar refractivity (Wildman–Crippen MR) is 122 cm³/mol. The summed E-state index contributed by atoms with van der Waals surface area (Å²) in [5, 5.41) is 7.94. The van der Waals surface area contributed by atoms with Crippen LogP contribution in [0.15, 0.2) is 0 Å². The minimum Gasteiger partial charge on any atom is -0.387 e. The number of fused-ring (bicyclic) bond motifs is 1. The highest BCUT2D eigenvalue weighted by atomic mass is 19.3. The molecule has 2 aliphatic heterocycles. The number of likely N-dealkylation sites (tertiary alicyclic amines) is 2. The van der Waals surface area contributed by atoms with Crippen LogP contribution in [0.2, 0.25) is 0 Å². The lowest BCUT2D eigenvalue weighted by molar-refractivity contribution is -0.137. The molecule has 0 radical (unpaired) electrons. The summed E-state index contributed by atoms with van der Waals surface area (Å²) in [4.78, 5) is 31.1. The van der Waals surface area contributed by atoms with E-state index in [1.807, 2.05) is 0 Å². The number of nitrogens with zero attached hydrogens (tertiary/aromatic N) is 3. The van der Waals surface area contributed by atoms with Gasteiger partial charge in [0, 0.05) is 51.5 Å². The van der Waals surface area contributed by atoms with Gasteiger partial charge in [-0.3, -0.25) is 19.9 Å². The Morgan fingerprint density at radius 2 is 1.73 bits per heavy atom. The number of amidine groups is 1. The molecule has 2 saturated heterocycles. The molecule has 7 nitrogen and oxygen atoms in total. The Morgan fingerprint density at radius 1 is 1.06 bits per heavy atom. The zero-order chi connectivity index (χ0) is 23.9. The second-order valence-electron chi connectivity index (χ2n) is 11.1. The van der Waals surface area contributed by atoms with Gasteiger partial charge in [0.1, 0.15) is 0 Å². The second-order valence-corrected chi connectivity index (χ2v) is 11.1. The van der Waals surface area contributed by atoms with Crippen molar-refractivity contribution in [2.45, 2.75) is 75.8 Å². The van der Waals surface area contributed by atoms with E-state index < -0.39 is 12.5 Å². The number of hydrogen-bond acceptors (Lipinski definition) is 4. The summed E-state index contributed by atoms with van der Waals surface area (Å²) in [5.41, 5.74) is 5.84. The average molecular weight is 468 g/mol. The Labute approximate surface area is 195 Å². The van der Waals surface area contributed by atoms with E-state index in [2.05, 4.69) is 4.90 Å². The van der Waals surface area contributed by atoms with Crippen LogP contribution in [-0.4, -0.2) is 84.1 Å². The van der Waals surface area contributed by atoms with Crippen molar-refractivity contribution in [1.82, 2.24) is 14.7 Å². The minimum atomic E-state index is -2.79. The zero-order valence-corrected chi connectivity index (χ0v) is 19.9. The van der Waals surface area contributed by atoms with Gasteiger partial charge in [-0.25, -0.2) is 8.78 Å². The highest BCUT2D eigenvalue weighted by Gasteiger charge is 2.51. The Balaban J connectivity index is 1.46.